The predicted molar refractivity (Wildman–Crippen MR) is 74.3 cm³/mol. The van der Waals surface area contributed by atoms with E-state index in [0.29, 0.717) is 23.8 Å². The van der Waals surface area contributed by atoms with Crippen molar-refractivity contribution in [1.82, 2.24) is 10.2 Å². The fourth-order valence-electron chi connectivity index (χ4n) is 3.29. The summed E-state index contributed by atoms with van der Waals surface area (Å²) in [4.78, 5) is 14.5. The second-order valence-corrected chi connectivity index (χ2v) is 6.65. The van der Waals surface area contributed by atoms with Gasteiger partial charge in [0.05, 0.1) is 0 Å². The van der Waals surface area contributed by atoms with Gasteiger partial charge in [0, 0.05) is 25.0 Å². The fraction of sp³-hybridized carbons (Fsp3) is 0.933. The Morgan fingerprint density at radius 1 is 1.39 bits per heavy atom. The van der Waals surface area contributed by atoms with E-state index < -0.39 is 0 Å². The third kappa shape index (κ3) is 2.71. The van der Waals surface area contributed by atoms with Crippen LogP contribution in [0.4, 0.5) is 0 Å². The first-order chi connectivity index (χ1) is 8.49. The van der Waals surface area contributed by atoms with Gasteiger partial charge in [-0.05, 0) is 30.7 Å². The number of hydrogen-bond acceptors (Lipinski definition) is 2. The lowest BCUT2D eigenvalue weighted by Crippen LogP contribution is -2.51. The van der Waals surface area contributed by atoms with Crippen LogP contribution in [0.1, 0.15) is 47.0 Å². The molecular formula is C15H28N2O. The van der Waals surface area contributed by atoms with E-state index >= 15 is 0 Å². The zero-order chi connectivity index (χ0) is 13.3. The number of nitrogens with one attached hydrogen (secondary N) is 1. The van der Waals surface area contributed by atoms with Crippen molar-refractivity contribution in [3.05, 3.63) is 0 Å². The van der Waals surface area contributed by atoms with Crippen molar-refractivity contribution in [2.24, 2.45) is 17.3 Å². The summed E-state index contributed by atoms with van der Waals surface area (Å²) in [5, 5.41) is 3.57. The molecule has 1 amide bonds. The van der Waals surface area contributed by atoms with Crippen LogP contribution in [-0.2, 0) is 4.79 Å². The van der Waals surface area contributed by atoms with Crippen LogP contribution in [0.15, 0.2) is 0 Å². The summed E-state index contributed by atoms with van der Waals surface area (Å²) in [5.41, 5.74) is 0.261. The smallest absolute Gasteiger partial charge is 0.226 e. The molecule has 1 saturated heterocycles. The molecule has 2 fully saturated rings. The first-order valence-corrected chi connectivity index (χ1v) is 7.51. The highest BCUT2D eigenvalue weighted by Gasteiger charge is 2.52. The van der Waals surface area contributed by atoms with Gasteiger partial charge in [-0.25, -0.2) is 0 Å². The van der Waals surface area contributed by atoms with Crippen molar-refractivity contribution in [1.29, 1.82) is 0 Å². The van der Waals surface area contributed by atoms with Gasteiger partial charge >= 0.3 is 0 Å². The maximum atomic E-state index is 12.4. The average molecular weight is 252 g/mol. The monoisotopic (exact) mass is 252 g/mol. The Morgan fingerprint density at radius 3 is 2.56 bits per heavy atom. The van der Waals surface area contributed by atoms with Gasteiger partial charge in [0.1, 0.15) is 0 Å². The molecule has 1 saturated carbocycles. The maximum Gasteiger partial charge on any atom is 0.226 e. The second kappa shape index (κ2) is 5.20. The summed E-state index contributed by atoms with van der Waals surface area (Å²) in [6.07, 6.45) is 3.36. The molecule has 1 aliphatic carbocycles. The van der Waals surface area contributed by atoms with Gasteiger partial charge in [0.15, 0.2) is 0 Å². The summed E-state index contributed by atoms with van der Waals surface area (Å²) in [6, 6.07) is 0.608. The summed E-state index contributed by atoms with van der Waals surface area (Å²) < 4.78 is 0. The SMILES string of the molecule is CCNC1CCN(C(=O)C2CC2(C)C)CC1CC. The number of likely N-dealkylation sites (tertiary alicyclic amines) is 1. The molecule has 1 N–H and O–H groups in total. The molecule has 0 bridgehead atoms. The van der Waals surface area contributed by atoms with Crippen LogP contribution < -0.4 is 5.32 Å². The molecule has 104 valence electrons. The van der Waals surface area contributed by atoms with Crippen LogP contribution >= 0.6 is 0 Å². The minimum Gasteiger partial charge on any atom is -0.342 e. The molecule has 18 heavy (non-hydrogen) atoms. The van der Waals surface area contributed by atoms with Crippen LogP contribution in [0.25, 0.3) is 0 Å². The minimum atomic E-state index is 0.261. The maximum absolute atomic E-state index is 12.4. The summed E-state index contributed by atoms with van der Waals surface area (Å²) in [5.74, 6) is 1.34. The molecule has 3 unspecified atom stereocenters. The molecular weight excluding hydrogens is 224 g/mol. The van der Waals surface area contributed by atoms with Gasteiger partial charge in [-0.2, -0.15) is 0 Å². The van der Waals surface area contributed by atoms with Crippen molar-refractivity contribution in [3.63, 3.8) is 0 Å². The number of carbonyl (C=O) groups excluding carboxylic acids is 1. The minimum absolute atomic E-state index is 0.261. The van der Waals surface area contributed by atoms with Gasteiger partial charge in [-0.1, -0.05) is 34.1 Å². The molecule has 1 heterocycles. The van der Waals surface area contributed by atoms with Gasteiger partial charge in [0.2, 0.25) is 5.91 Å². The van der Waals surface area contributed by atoms with Crippen LogP contribution in [0, 0.1) is 17.3 Å². The zero-order valence-corrected chi connectivity index (χ0v) is 12.3. The lowest BCUT2D eigenvalue weighted by atomic mass is 9.89. The van der Waals surface area contributed by atoms with Gasteiger partial charge < -0.3 is 10.2 Å². The Balaban J connectivity index is 1.91. The predicted octanol–water partition coefficient (Wildman–Crippen LogP) is 2.27. The standard InChI is InChI=1S/C15H28N2O/c1-5-11-10-17(8-7-13(11)16-6-2)14(18)12-9-15(12,3)4/h11-13,16H,5-10H2,1-4H3. The average Bonchev–Trinajstić information content (AvgIpc) is 2.98. The van der Waals surface area contributed by atoms with Crippen molar-refractivity contribution >= 4 is 5.91 Å². The zero-order valence-electron chi connectivity index (χ0n) is 12.3. The first-order valence-electron chi connectivity index (χ1n) is 7.51. The highest BCUT2D eigenvalue weighted by atomic mass is 16.2. The number of amides is 1. The third-order valence-electron chi connectivity index (χ3n) is 4.85. The van der Waals surface area contributed by atoms with Gasteiger partial charge in [-0.15, -0.1) is 0 Å². The number of hydrogen-bond donors (Lipinski definition) is 1. The lowest BCUT2D eigenvalue weighted by Gasteiger charge is -2.39. The molecule has 0 aromatic carbocycles. The molecule has 3 nitrogen and oxygen atoms in total. The van der Waals surface area contributed by atoms with E-state index in [2.05, 4.69) is 37.9 Å². The molecule has 2 rings (SSSR count). The van der Waals surface area contributed by atoms with E-state index in [1.54, 1.807) is 0 Å². The van der Waals surface area contributed by atoms with Crippen LogP contribution in [0.5, 0.6) is 0 Å². The van der Waals surface area contributed by atoms with Crippen molar-refractivity contribution in [2.45, 2.75) is 53.0 Å². The first kappa shape index (κ1) is 13.9. The lowest BCUT2D eigenvalue weighted by molar-refractivity contribution is -0.135. The van der Waals surface area contributed by atoms with Gasteiger partial charge in [-0.3, -0.25) is 4.79 Å². The highest BCUT2D eigenvalue weighted by molar-refractivity contribution is 5.82. The Hall–Kier alpha value is -0.570. The molecule has 0 aromatic heterocycles. The number of nitrogens with zero attached hydrogens (tertiary/aromatic N) is 1. The van der Waals surface area contributed by atoms with E-state index in [9.17, 15) is 4.79 Å². The Bertz CT molecular complexity index is 314. The molecule has 0 aromatic rings. The van der Waals surface area contributed by atoms with E-state index in [0.717, 1.165) is 38.9 Å². The summed E-state index contributed by atoms with van der Waals surface area (Å²) in [7, 11) is 0. The third-order valence-corrected chi connectivity index (χ3v) is 4.85. The van der Waals surface area contributed by atoms with E-state index in [-0.39, 0.29) is 5.41 Å². The van der Waals surface area contributed by atoms with Crippen LogP contribution in [-0.4, -0.2) is 36.5 Å². The number of carbonyl (C=O) groups is 1. The van der Waals surface area contributed by atoms with Crippen LogP contribution in [0.2, 0.25) is 0 Å². The Labute approximate surface area is 111 Å². The van der Waals surface area contributed by atoms with Crippen molar-refractivity contribution in [2.75, 3.05) is 19.6 Å². The molecule has 3 heteroatoms. The molecule has 1 aliphatic heterocycles. The molecule has 2 aliphatic rings. The van der Waals surface area contributed by atoms with Crippen molar-refractivity contribution < 1.29 is 4.79 Å². The largest absolute Gasteiger partial charge is 0.342 e. The topological polar surface area (TPSA) is 32.3 Å². The molecule has 0 radical (unpaired) electrons. The molecule has 0 spiro atoms. The summed E-state index contributed by atoms with van der Waals surface area (Å²) in [6.45, 7) is 11.8. The van der Waals surface area contributed by atoms with Gasteiger partial charge in [0.25, 0.3) is 0 Å². The fourth-order valence-corrected chi connectivity index (χ4v) is 3.29. The van der Waals surface area contributed by atoms with E-state index in [4.69, 9.17) is 0 Å². The number of piperidine rings is 1. The highest BCUT2D eigenvalue weighted by Crippen LogP contribution is 2.52. The molecule has 3 atom stereocenters. The quantitative estimate of drug-likeness (QED) is 0.832. The van der Waals surface area contributed by atoms with E-state index in [1.165, 1.54) is 0 Å². The van der Waals surface area contributed by atoms with Crippen LogP contribution in [0.3, 0.4) is 0 Å². The number of rotatable bonds is 4. The second-order valence-electron chi connectivity index (χ2n) is 6.65. The van der Waals surface area contributed by atoms with E-state index in [1.807, 2.05) is 0 Å². The Kier molecular flexibility index (Phi) is 4.00. The normalized spacial score (nSPS) is 34.4. The Morgan fingerprint density at radius 2 is 2.06 bits per heavy atom. The van der Waals surface area contributed by atoms with Crippen molar-refractivity contribution in [3.8, 4) is 0 Å². The summed E-state index contributed by atoms with van der Waals surface area (Å²) >= 11 is 0.